The quantitative estimate of drug-likeness (QED) is 0.00327. The number of amides is 8. The molecule has 0 aliphatic heterocycles. The standard InChI is InChI=1S/C34H40N6O10S2.C27H37N5O6S2.C13H8N2O7.CH3F/c1-22(2)30(39-33(44)48-18-19-51-52-29-7-3-4-16-36-29)28(41)20-24(6-5-17-37-32(35)43)31(42)38-25-10-8-23(9-11-25)21-49-34(45)50-27-14-12-26(13-15-27)40(46)47;1-18(2)24(32-27(37)38-14-15-39-40-23-7-3-4-12-29-23)22(34)16-20(6-5-13-30-26(28)36)25(35)31-21-10-8-19(17-33)9-11-21;16-13(21-11-5-1-9(2-6-11)14(17)18)22-12-7-3-10(4-8-12)15(19)20;1-2/h3-4,7-16,22,24,30H,5-6,17-21H2,1-2H3,(H,38,42)(H,39,44)(H3,35,37,43);3-4,7-12,18,20,24,33H,5-6,13-17H2,1-2H3,(H,31,35)(H,32,37)(H3,28,30,36);1-8H;1H3/t24-,30+;20-,24+;;/m11../s1/i;;;1D. The van der Waals surface area contributed by atoms with Crippen LogP contribution in [0.3, 0.4) is 0 Å². The molecule has 41 heteroatoms. The van der Waals surface area contributed by atoms with E-state index in [0.717, 1.165) is 10.1 Å². The number of ketones is 2. The number of carbonyl (C=O) groups excluding carboxylic acids is 10. The molecule has 0 spiro atoms. The summed E-state index contributed by atoms with van der Waals surface area (Å²) in [6.07, 6.45) is 0.897. The molecule has 11 N–H and O–H groups in total. The molecule has 2 aromatic heterocycles. The molecule has 2 heterocycles. The number of non-ortho nitro benzene ring substituents is 3. The number of halogens is 1. The van der Waals surface area contributed by atoms with Gasteiger partial charge >= 0.3 is 36.6 Å². The van der Waals surface area contributed by atoms with Crippen LogP contribution in [0.1, 0.15) is 78.7 Å². The molecule has 7 rings (SSSR count). The van der Waals surface area contributed by atoms with Crippen molar-refractivity contribution < 1.29 is 102 Å². The number of carbonyl (C=O) groups is 10. The molecule has 0 radical (unpaired) electrons. The number of nitrogens with two attached hydrogens (primary N) is 2. The predicted octanol–water partition coefficient (Wildman–Crippen LogP) is 13.3. The summed E-state index contributed by atoms with van der Waals surface area (Å²) in [6.45, 7) is 7.60. The molecule has 4 atom stereocenters. The van der Waals surface area contributed by atoms with Gasteiger partial charge in [0, 0.05) is 109 Å². The van der Waals surface area contributed by atoms with Crippen molar-refractivity contribution in [2.75, 3.05) is 55.6 Å². The van der Waals surface area contributed by atoms with Crippen molar-refractivity contribution in [2.45, 2.75) is 102 Å². The van der Waals surface area contributed by atoms with Gasteiger partial charge in [0.1, 0.15) is 47.1 Å². The Morgan fingerprint density at radius 1 is 0.509 bits per heavy atom. The van der Waals surface area contributed by atoms with Crippen LogP contribution in [-0.4, -0.2) is 147 Å². The molecule has 7 aromatic rings. The van der Waals surface area contributed by atoms with Crippen molar-refractivity contribution in [1.29, 1.82) is 0 Å². The van der Waals surface area contributed by atoms with E-state index in [9.17, 15) is 87.8 Å². The van der Waals surface area contributed by atoms with Crippen molar-refractivity contribution in [1.82, 2.24) is 31.2 Å². The first-order valence-corrected chi connectivity index (χ1v) is 39.7. The summed E-state index contributed by atoms with van der Waals surface area (Å²) in [7, 11) is 4.90. The lowest BCUT2D eigenvalue weighted by atomic mass is 9.89. The van der Waals surface area contributed by atoms with Gasteiger partial charge in [-0.05, 0) is 155 Å². The molecule has 622 valence electrons. The first-order valence-electron chi connectivity index (χ1n) is 35.8. The lowest BCUT2D eigenvalue weighted by molar-refractivity contribution is -0.385. The average Bonchev–Trinajstić information content (AvgIpc) is 0.792. The average molecular weight is 1690 g/mol. The maximum absolute atomic E-state index is 13.5. The number of hydrogen-bond acceptors (Lipinski definition) is 29. The maximum atomic E-state index is 13.5. The van der Waals surface area contributed by atoms with Gasteiger partial charge < -0.3 is 76.9 Å². The zero-order chi connectivity index (χ0) is 86.0. The lowest BCUT2D eigenvalue weighted by Gasteiger charge is -2.23. The molecule has 0 aliphatic rings. The number of urea groups is 2. The largest absolute Gasteiger partial charge is 0.519 e. The normalized spacial score (nSPS) is 11.6. The molecule has 5 aromatic carbocycles. The fraction of sp³-hybridized carbons (Fsp3) is 0.333. The molecular formula is C75H88FN13O23S4. The summed E-state index contributed by atoms with van der Waals surface area (Å²) in [5.74, 6) is -2.27. The number of nitrogens with zero attached hydrogens (tertiary/aromatic N) is 5. The van der Waals surface area contributed by atoms with Crippen LogP contribution >= 0.6 is 43.2 Å². The number of pyridine rings is 2. The summed E-state index contributed by atoms with van der Waals surface area (Å²) >= 11 is 0. The molecule has 0 saturated carbocycles. The molecule has 36 nitrogen and oxygen atoms in total. The number of aliphatic hydroxyl groups is 1. The first-order chi connectivity index (χ1) is 56.0. The molecule has 0 fully saturated rings. The topological polar surface area (TPSA) is 526 Å². The summed E-state index contributed by atoms with van der Waals surface area (Å²) < 4.78 is 45.8. The summed E-state index contributed by atoms with van der Waals surface area (Å²) in [5.41, 5.74) is 12.0. The zero-order valence-electron chi connectivity index (χ0n) is 64.1. The molecule has 0 saturated heterocycles. The molecule has 8 amide bonds. The minimum absolute atomic E-state index is 0.0671. The van der Waals surface area contributed by atoms with E-state index < -0.39 is 88.3 Å². The first kappa shape index (κ1) is 94.4. The monoisotopic (exact) mass is 1690 g/mol. The van der Waals surface area contributed by atoms with Crippen LogP contribution in [0.2, 0.25) is 0 Å². The fourth-order valence-corrected chi connectivity index (χ4v) is 13.1. The number of nitro benzene ring substituents is 3. The Morgan fingerprint density at radius 3 is 1.18 bits per heavy atom. The number of alkyl carbamates (subject to hydrolysis) is 2. The number of ether oxygens (including phenoxy) is 6. The van der Waals surface area contributed by atoms with Gasteiger partial charge in [-0.15, -0.1) is 0 Å². The number of anilines is 2. The van der Waals surface area contributed by atoms with Gasteiger partial charge in [0.2, 0.25) is 11.8 Å². The third-order valence-electron chi connectivity index (χ3n) is 15.4. The predicted molar refractivity (Wildman–Crippen MR) is 431 cm³/mol. The second kappa shape index (κ2) is 53.7. The number of nitrogens with one attached hydrogen (secondary N) is 6. The second-order valence-corrected chi connectivity index (χ2v) is 29.5. The number of aromatic nitrogens is 2. The highest BCUT2D eigenvalue weighted by molar-refractivity contribution is 8.77. The highest BCUT2D eigenvalue weighted by atomic mass is 33.1. The number of hydrogen-bond donors (Lipinski definition) is 9. The van der Waals surface area contributed by atoms with Crippen molar-refractivity contribution >= 4 is 132 Å². The van der Waals surface area contributed by atoms with Gasteiger partial charge in [0.15, 0.2) is 11.6 Å². The van der Waals surface area contributed by atoms with Crippen LogP contribution in [0.25, 0.3) is 0 Å². The Labute approximate surface area is 682 Å². The van der Waals surface area contributed by atoms with E-state index in [2.05, 4.69) is 41.9 Å². The van der Waals surface area contributed by atoms with Crippen LogP contribution < -0.4 is 57.6 Å². The minimum atomic E-state index is -1.07. The van der Waals surface area contributed by atoms with Gasteiger partial charge in [-0.25, -0.2) is 38.7 Å². The molecular weight excluding hydrogens is 1600 g/mol. The SMILES string of the molecule is CC(C)[C@H](NC(=O)OCCSSc1ccccn1)C(=O)C[C@@H](CCCNC(N)=O)C(=O)Nc1ccc(CO)cc1.CC(C)[C@H](NC(=O)OCCSSc1ccccn1)C(=O)C[C@@H](CCCNC(N)=O)C(=O)Nc1ccc(COC(=O)Oc2ccc([N+](=O)[O-])cc2)cc1.O=C(Oc1ccc([N+](=O)[O-])cc1)Oc1ccc([N+](=O)[O-])cc1.[2H]CF. The third-order valence-corrected chi connectivity index (χ3v) is 19.8. The molecule has 116 heavy (non-hydrogen) atoms. The van der Waals surface area contributed by atoms with Crippen LogP contribution in [0.5, 0.6) is 17.2 Å². The molecule has 0 aliphatic carbocycles. The smallest absolute Gasteiger partial charge is 0.449 e. The number of rotatable bonds is 41. The fourth-order valence-electron chi connectivity index (χ4n) is 9.68. The lowest BCUT2D eigenvalue weighted by Crippen LogP contribution is -2.46. The van der Waals surface area contributed by atoms with E-state index in [-0.39, 0.29) is 122 Å². The van der Waals surface area contributed by atoms with Crippen molar-refractivity contribution in [3.63, 3.8) is 0 Å². The van der Waals surface area contributed by atoms with Gasteiger partial charge in [0.05, 0.1) is 42.0 Å². The Morgan fingerprint density at radius 2 is 0.862 bits per heavy atom. The van der Waals surface area contributed by atoms with Crippen molar-refractivity contribution in [3.8, 4) is 17.2 Å². The summed E-state index contributed by atoms with van der Waals surface area (Å²) in [6, 6.07) is 35.8. The van der Waals surface area contributed by atoms with Crippen LogP contribution in [0.4, 0.5) is 61.6 Å². The number of primary amides is 2. The van der Waals surface area contributed by atoms with Gasteiger partial charge in [0.25, 0.3) is 17.1 Å². The van der Waals surface area contributed by atoms with Gasteiger partial charge in [-0.3, -0.25) is 53.9 Å². The summed E-state index contributed by atoms with van der Waals surface area (Å²) in [5, 5.41) is 58.5. The van der Waals surface area contributed by atoms with E-state index in [1.54, 1.807) is 88.6 Å². The number of Topliss-reactive ketones (excluding diaryl/α,β-unsaturated/α-hetero) is 2. The van der Waals surface area contributed by atoms with Crippen LogP contribution in [-0.2, 0) is 46.6 Å². The van der Waals surface area contributed by atoms with Crippen LogP contribution in [0.15, 0.2) is 180 Å². The van der Waals surface area contributed by atoms with Gasteiger partial charge in [-0.1, -0.05) is 85.7 Å². The van der Waals surface area contributed by atoms with E-state index >= 15 is 0 Å². The van der Waals surface area contributed by atoms with Crippen molar-refractivity contribution in [2.24, 2.45) is 35.1 Å². The van der Waals surface area contributed by atoms with E-state index in [1.807, 2.05) is 36.4 Å². The minimum Gasteiger partial charge on any atom is -0.449 e. The summed E-state index contributed by atoms with van der Waals surface area (Å²) in [4.78, 5) is 162. The maximum Gasteiger partial charge on any atom is 0.519 e. The Hall–Kier alpha value is -12.2. The Bertz CT molecular complexity index is 4260. The van der Waals surface area contributed by atoms with Gasteiger partial charge in [-0.2, -0.15) is 0 Å². The van der Waals surface area contributed by atoms with Crippen molar-refractivity contribution in [3.05, 3.63) is 212 Å². The molecule has 0 bridgehead atoms. The highest BCUT2D eigenvalue weighted by Crippen LogP contribution is 2.31. The Kier molecular flexibility index (Phi) is 43.7. The van der Waals surface area contributed by atoms with Crippen LogP contribution in [0, 0.1) is 54.0 Å². The second-order valence-electron chi connectivity index (χ2n) is 24.6. The van der Waals surface area contributed by atoms with E-state index in [0.29, 0.717) is 53.3 Å². The number of alkyl halides is 1. The number of nitro groups is 3. The van der Waals surface area contributed by atoms with E-state index in [4.69, 9.17) is 41.3 Å². The van der Waals surface area contributed by atoms with E-state index in [1.165, 1.54) is 116 Å². The molecule has 0 unspecified atom stereocenters. The number of benzene rings is 5. The Balaban J connectivity index is 0.000000389. The third kappa shape index (κ3) is 39.0. The number of aliphatic hydroxyl groups excluding tert-OH is 1. The zero-order valence-corrected chi connectivity index (χ0v) is 66.3. The highest BCUT2D eigenvalue weighted by Gasteiger charge is 2.32.